The highest BCUT2D eigenvalue weighted by molar-refractivity contribution is 6.22. The van der Waals surface area contributed by atoms with Crippen LogP contribution in [0.15, 0.2) is 0 Å². The first-order chi connectivity index (χ1) is 4.69. The molecule has 5 heteroatoms. The van der Waals surface area contributed by atoms with Crippen molar-refractivity contribution in [1.29, 1.82) is 0 Å². The van der Waals surface area contributed by atoms with Crippen molar-refractivity contribution in [3.63, 3.8) is 0 Å². The van der Waals surface area contributed by atoms with E-state index in [4.69, 9.17) is 17.4 Å². The van der Waals surface area contributed by atoms with Crippen molar-refractivity contribution < 1.29 is 8.78 Å². The van der Waals surface area contributed by atoms with Gasteiger partial charge in [0.05, 0.1) is 0 Å². The van der Waals surface area contributed by atoms with Gasteiger partial charge >= 0.3 is 5.38 Å². The molecule has 2 nitrogen and oxygen atoms in total. The minimum absolute atomic E-state index is 0.667. The Bertz CT molecular complexity index is 114. The standard InChI is InChI=1S/C6H13ClF2N2/c1-5(2,3)4(11-10)6(7,8)9/h4,11H,10H2,1-3H3. The molecule has 0 bridgehead atoms. The molecule has 0 aliphatic carbocycles. The lowest BCUT2D eigenvalue weighted by molar-refractivity contribution is 0.00432. The average Bonchev–Trinajstić information content (AvgIpc) is 1.56. The largest absolute Gasteiger partial charge is 0.338 e. The molecule has 1 unspecified atom stereocenters. The number of nitrogens with two attached hydrogens (primary N) is 1. The first-order valence-corrected chi connectivity index (χ1v) is 3.60. The van der Waals surface area contributed by atoms with Crippen molar-refractivity contribution in [3.8, 4) is 0 Å². The fourth-order valence-corrected chi connectivity index (χ4v) is 1.23. The van der Waals surface area contributed by atoms with E-state index in [2.05, 4.69) is 0 Å². The predicted molar refractivity (Wildman–Crippen MR) is 41.4 cm³/mol. The molecule has 0 saturated heterocycles. The molecule has 3 N–H and O–H groups in total. The SMILES string of the molecule is CC(C)(C)C(NN)C(F)(F)Cl. The number of hydrogen-bond acceptors (Lipinski definition) is 2. The monoisotopic (exact) mass is 186 g/mol. The molecular weight excluding hydrogens is 174 g/mol. The zero-order chi connectivity index (χ0) is 9.28. The van der Waals surface area contributed by atoms with Crippen LogP contribution in [0.4, 0.5) is 8.78 Å². The molecule has 1 atom stereocenters. The molecule has 0 amide bonds. The summed E-state index contributed by atoms with van der Waals surface area (Å²) in [5.41, 5.74) is 1.33. The Morgan fingerprint density at radius 1 is 1.36 bits per heavy atom. The van der Waals surface area contributed by atoms with Gasteiger partial charge in [0, 0.05) is 0 Å². The molecule has 0 aliphatic heterocycles. The molecule has 0 aromatic rings. The Kier molecular flexibility index (Phi) is 3.23. The average molecular weight is 187 g/mol. The van der Waals surface area contributed by atoms with Crippen molar-refractivity contribution in [2.75, 3.05) is 0 Å². The molecule has 0 spiro atoms. The molecule has 11 heavy (non-hydrogen) atoms. The van der Waals surface area contributed by atoms with Crippen LogP contribution in [-0.2, 0) is 0 Å². The predicted octanol–water partition coefficient (Wildman–Crippen LogP) is 1.70. The zero-order valence-electron chi connectivity index (χ0n) is 6.79. The molecule has 0 aromatic heterocycles. The summed E-state index contributed by atoms with van der Waals surface area (Å²) in [6.07, 6.45) is 0. The van der Waals surface area contributed by atoms with E-state index in [1.165, 1.54) is 0 Å². The van der Waals surface area contributed by atoms with E-state index in [0.29, 0.717) is 0 Å². The van der Waals surface area contributed by atoms with Gasteiger partial charge < -0.3 is 0 Å². The van der Waals surface area contributed by atoms with E-state index in [1.54, 1.807) is 20.8 Å². The summed E-state index contributed by atoms with van der Waals surface area (Å²) in [5, 5.41) is -3.31. The van der Waals surface area contributed by atoms with Crippen LogP contribution in [0.25, 0.3) is 0 Å². The van der Waals surface area contributed by atoms with Crippen molar-refractivity contribution in [2.45, 2.75) is 32.2 Å². The molecule has 0 fully saturated rings. The number of hydrogen-bond donors (Lipinski definition) is 2. The van der Waals surface area contributed by atoms with Crippen LogP contribution in [0, 0.1) is 5.41 Å². The summed E-state index contributed by atoms with van der Waals surface area (Å²) in [7, 11) is 0. The quantitative estimate of drug-likeness (QED) is 0.391. The topological polar surface area (TPSA) is 38.0 Å². The van der Waals surface area contributed by atoms with Crippen LogP contribution in [0.5, 0.6) is 0 Å². The van der Waals surface area contributed by atoms with Crippen LogP contribution < -0.4 is 11.3 Å². The van der Waals surface area contributed by atoms with Gasteiger partial charge in [-0.3, -0.25) is 5.84 Å². The van der Waals surface area contributed by atoms with Gasteiger partial charge in [0.1, 0.15) is 6.04 Å². The van der Waals surface area contributed by atoms with Gasteiger partial charge in [0.25, 0.3) is 0 Å². The lowest BCUT2D eigenvalue weighted by Gasteiger charge is -2.32. The fourth-order valence-electron chi connectivity index (χ4n) is 0.835. The third kappa shape index (κ3) is 3.31. The van der Waals surface area contributed by atoms with E-state index < -0.39 is 16.8 Å². The summed E-state index contributed by atoms with van der Waals surface area (Å²) >= 11 is 4.81. The van der Waals surface area contributed by atoms with E-state index in [1.807, 2.05) is 5.43 Å². The normalized spacial score (nSPS) is 16.6. The molecular formula is C6H13ClF2N2. The number of hydrazine groups is 1. The number of rotatable bonds is 2. The maximum Gasteiger partial charge on any atom is 0.338 e. The number of alkyl halides is 3. The van der Waals surface area contributed by atoms with Gasteiger partial charge in [-0.1, -0.05) is 20.8 Å². The van der Waals surface area contributed by atoms with Crippen LogP contribution in [0.1, 0.15) is 20.8 Å². The third-order valence-electron chi connectivity index (χ3n) is 1.36. The van der Waals surface area contributed by atoms with E-state index in [9.17, 15) is 8.78 Å². The van der Waals surface area contributed by atoms with Crippen LogP contribution in [0.3, 0.4) is 0 Å². The second-order valence-corrected chi connectivity index (χ2v) is 4.01. The molecule has 0 rings (SSSR count). The van der Waals surface area contributed by atoms with Crippen molar-refractivity contribution in [2.24, 2.45) is 11.3 Å². The van der Waals surface area contributed by atoms with E-state index in [0.717, 1.165) is 0 Å². The highest BCUT2D eigenvalue weighted by Crippen LogP contribution is 2.34. The first kappa shape index (κ1) is 11.1. The van der Waals surface area contributed by atoms with Gasteiger partial charge in [0.15, 0.2) is 0 Å². The summed E-state index contributed by atoms with van der Waals surface area (Å²) in [6, 6.07) is -1.23. The summed E-state index contributed by atoms with van der Waals surface area (Å²) in [5.74, 6) is 4.93. The molecule has 0 aliphatic rings. The van der Waals surface area contributed by atoms with Crippen molar-refractivity contribution >= 4 is 11.6 Å². The second-order valence-electron chi connectivity index (χ2n) is 3.51. The summed E-state index contributed by atoms with van der Waals surface area (Å²) in [6.45, 7) is 4.90. The minimum atomic E-state index is -3.31. The lowest BCUT2D eigenvalue weighted by atomic mass is 9.87. The molecule has 68 valence electrons. The van der Waals surface area contributed by atoms with Crippen LogP contribution in [0.2, 0.25) is 0 Å². The van der Waals surface area contributed by atoms with Crippen LogP contribution in [-0.4, -0.2) is 11.4 Å². The second kappa shape index (κ2) is 3.21. The molecule has 0 saturated carbocycles. The Morgan fingerprint density at radius 2 is 1.73 bits per heavy atom. The maximum atomic E-state index is 12.5. The fraction of sp³-hybridized carbons (Fsp3) is 1.00. The summed E-state index contributed by atoms with van der Waals surface area (Å²) in [4.78, 5) is 0. The van der Waals surface area contributed by atoms with Crippen molar-refractivity contribution in [1.82, 2.24) is 5.43 Å². The van der Waals surface area contributed by atoms with Gasteiger partial charge in [-0.2, -0.15) is 8.78 Å². The molecule has 0 aromatic carbocycles. The maximum absolute atomic E-state index is 12.5. The Hall–Kier alpha value is 0.0700. The van der Waals surface area contributed by atoms with Gasteiger partial charge in [-0.05, 0) is 17.0 Å². The third-order valence-corrected chi connectivity index (χ3v) is 1.58. The Labute approximate surface area is 70.1 Å². The van der Waals surface area contributed by atoms with Crippen LogP contribution >= 0.6 is 11.6 Å². The van der Waals surface area contributed by atoms with Gasteiger partial charge in [-0.15, -0.1) is 0 Å². The Morgan fingerprint density at radius 3 is 1.73 bits per heavy atom. The summed E-state index contributed by atoms with van der Waals surface area (Å²) < 4.78 is 25.0. The first-order valence-electron chi connectivity index (χ1n) is 3.22. The van der Waals surface area contributed by atoms with E-state index in [-0.39, 0.29) is 0 Å². The minimum Gasteiger partial charge on any atom is -0.271 e. The van der Waals surface area contributed by atoms with E-state index >= 15 is 0 Å². The number of nitrogens with one attached hydrogen (secondary N) is 1. The lowest BCUT2D eigenvalue weighted by Crippen LogP contribution is -2.53. The van der Waals surface area contributed by atoms with Gasteiger partial charge in [0.2, 0.25) is 0 Å². The van der Waals surface area contributed by atoms with Gasteiger partial charge in [-0.25, -0.2) is 5.43 Å². The smallest absolute Gasteiger partial charge is 0.271 e. The molecule has 0 radical (unpaired) electrons. The highest BCUT2D eigenvalue weighted by Gasteiger charge is 2.43. The molecule has 0 heterocycles. The number of halogens is 3. The van der Waals surface area contributed by atoms with Crippen molar-refractivity contribution in [3.05, 3.63) is 0 Å². The Balaban J connectivity index is 4.43. The highest BCUT2D eigenvalue weighted by atomic mass is 35.5. The zero-order valence-corrected chi connectivity index (χ0v) is 7.54.